The number of rotatable bonds is 4. The third kappa shape index (κ3) is 2.39. The number of aromatic nitrogens is 1. The molecule has 1 amide bonds. The Morgan fingerprint density at radius 2 is 2.35 bits per heavy atom. The number of hydrogen-bond acceptors (Lipinski definition) is 4. The molecule has 92 valence electrons. The molecule has 0 bridgehead atoms. The van der Waals surface area contributed by atoms with E-state index in [1.807, 2.05) is 0 Å². The second kappa shape index (κ2) is 5.14. The highest BCUT2D eigenvalue weighted by Gasteiger charge is 2.29. The fourth-order valence-corrected chi connectivity index (χ4v) is 2.01. The van der Waals surface area contributed by atoms with Gasteiger partial charge in [-0.25, -0.2) is 0 Å². The van der Waals surface area contributed by atoms with E-state index in [9.17, 15) is 9.90 Å². The molecular weight excluding hydrogens is 218 g/mol. The molecule has 1 aliphatic rings. The molecule has 1 aromatic heterocycles. The van der Waals surface area contributed by atoms with Gasteiger partial charge in [-0.3, -0.25) is 9.78 Å². The molecule has 2 rings (SSSR count). The minimum atomic E-state index is -0.153. The largest absolute Gasteiger partial charge is 0.505 e. The van der Waals surface area contributed by atoms with Gasteiger partial charge in [0.2, 0.25) is 0 Å². The summed E-state index contributed by atoms with van der Waals surface area (Å²) in [4.78, 5) is 17.8. The fraction of sp³-hybridized carbons (Fsp3) is 0.500. The van der Waals surface area contributed by atoms with E-state index < -0.39 is 0 Å². The summed E-state index contributed by atoms with van der Waals surface area (Å²) < 4.78 is 0. The first-order chi connectivity index (χ1) is 8.24. The van der Waals surface area contributed by atoms with Crippen molar-refractivity contribution in [2.24, 2.45) is 5.73 Å². The van der Waals surface area contributed by atoms with Gasteiger partial charge >= 0.3 is 0 Å². The fourth-order valence-electron chi connectivity index (χ4n) is 2.01. The molecule has 0 radical (unpaired) electrons. The average molecular weight is 235 g/mol. The van der Waals surface area contributed by atoms with E-state index in [1.54, 1.807) is 11.0 Å². The molecule has 0 saturated heterocycles. The lowest BCUT2D eigenvalue weighted by Crippen LogP contribution is -2.46. The van der Waals surface area contributed by atoms with Gasteiger partial charge in [0.15, 0.2) is 0 Å². The second-order valence-electron chi connectivity index (χ2n) is 4.26. The molecule has 3 N–H and O–H groups in total. The van der Waals surface area contributed by atoms with Crippen LogP contribution in [-0.2, 0) is 0 Å². The lowest BCUT2D eigenvalue weighted by Gasteiger charge is -2.37. The summed E-state index contributed by atoms with van der Waals surface area (Å²) in [6.45, 7) is 0.972. The number of carbonyl (C=O) groups is 1. The van der Waals surface area contributed by atoms with Gasteiger partial charge in [0, 0.05) is 25.3 Å². The van der Waals surface area contributed by atoms with Gasteiger partial charge in [-0.1, -0.05) is 0 Å². The normalized spacial score (nSPS) is 15.4. The van der Waals surface area contributed by atoms with Crippen molar-refractivity contribution in [2.45, 2.75) is 25.3 Å². The molecule has 0 aliphatic heterocycles. The number of pyridine rings is 1. The Labute approximate surface area is 100 Å². The number of nitrogens with two attached hydrogens (primary N) is 1. The first kappa shape index (κ1) is 11.9. The Balaban J connectivity index is 2.18. The third-order valence-corrected chi connectivity index (χ3v) is 3.18. The van der Waals surface area contributed by atoms with Crippen LogP contribution in [0.15, 0.2) is 18.5 Å². The van der Waals surface area contributed by atoms with Crippen LogP contribution < -0.4 is 5.73 Å². The van der Waals surface area contributed by atoms with E-state index in [0.29, 0.717) is 18.7 Å². The first-order valence-electron chi connectivity index (χ1n) is 5.88. The Morgan fingerprint density at radius 3 is 2.88 bits per heavy atom. The van der Waals surface area contributed by atoms with Crippen LogP contribution in [0.5, 0.6) is 5.75 Å². The van der Waals surface area contributed by atoms with Gasteiger partial charge in [-0.05, 0) is 25.3 Å². The number of aromatic hydroxyl groups is 1. The summed E-state index contributed by atoms with van der Waals surface area (Å²) in [6, 6.07) is 1.82. The highest BCUT2D eigenvalue weighted by molar-refractivity contribution is 5.96. The second-order valence-corrected chi connectivity index (χ2v) is 4.26. The van der Waals surface area contributed by atoms with Crippen molar-refractivity contribution in [3.63, 3.8) is 0 Å². The van der Waals surface area contributed by atoms with Crippen LogP contribution in [0.4, 0.5) is 0 Å². The van der Waals surface area contributed by atoms with Crippen LogP contribution in [-0.4, -0.2) is 40.0 Å². The third-order valence-electron chi connectivity index (χ3n) is 3.18. The van der Waals surface area contributed by atoms with Crippen LogP contribution in [0.25, 0.3) is 0 Å². The number of amides is 1. The van der Waals surface area contributed by atoms with Crippen LogP contribution in [0.3, 0.4) is 0 Å². The lowest BCUT2D eigenvalue weighted by molar-refractivity contribution is 0.0585. The number of carbonyl (C=O) groups excluding carboxylic acids is 1. The predicted molar refractivity (Wildman–Crippen MR) is 63.6 cm³/mol. The maximum Gasteiger partial charge on any atom is 0.258 e. The summed E-state index contributed by atoms with van der Waals surface area (Å²) in [7, 11) is 0. The zero-order chi connectivity index (χ0) is 12.3. The van der Waals surface area contributed by atoms with Crippen molar-refractivity contribution < 1.29 is 9.90 Å². The smallest absolute Gasteiger partial charge is 0.258 e. The lowest BCUT2D eigenvalue weighted by atomic mass is 9.91. The van der Waals surface area contributed by atoms with Crippen molar-refractivity contribution in [3.8, 4) is 5.75 Å². The molecule has 1 aromatic rings. The van der Waals surface area contributed by atoms with Gasteiger partial charge in [-0.2, -0.15) is 0 Å². The van der Waals surface area contributed by atoms with Gasteiger partial charge < -0.3 is 15.7 Å². The molecule has 0 spiro atoms. The average Bonchev–Trinajstić information content (AvgIpc) is 2.26. The van der Waals surface area contributed by atoms with Crippen molar-refractivity contribution in [1.29, 1.82) is 0 Å². The van der Waals surface area contributed by atoms with E-state index >= 15 is 0 Å². The number of nitrogens with zero attached hydrogens (tertiary/aromatic N) is 2. The number of hydrogen-bond donors (Lipinski definition) is 2. The Bertz CT molecular complexity index is 404. The van der Waals surface area contributed by atoms with Gasteiger partial charge in [0.25, 0.3) is 5.91 Å². The topological polar surface area (TPSA) is 79.5 Å². The standard InChI is InChI=1S/C12H17N3O2/c13-5-7-15(9-2-1-3-9)12(17)10-4-6-14-8-11(10)16/h4,6,8-9,16H,1-3,5,7,13H2. The molecule has 1 fully saturated rings. The minimum absolute atomic E-state index is 0.0705. The van der Waals surface area contributed by atoms with Gasteiger partial charge in [0.1, 0.15) is 5.75 Å². The van der Waals surface area contributed by atoms with E-state index in [1.165, 1.54) is 12.4 Å². The van der Waals surface area contributed by atoms with Gasteiger partial charge in [-0.15, -0.1) is 0 Å². The van der Waals surface area contributed by atoms with Crippen molar-refractivity contribution >= 4 is 5.91 Å². The highest BCUT2D eigenvalue weighted by Crippen LogP contribution is 2.27. The molecular formula is C12H17N3O2. The van der Waals surface area contributed by atoms with E-state index in [2.05, 4.69) is 4.98 Å². The van der Waals surface area contributed by atoms with E-state index in [-0.39, 0.29) is 17.7 Å². The summed E-state index contributed by atoms with van der Waals surface area (Å²) in [5.41, 5.74) is 5.84. The molecule has 5 nitrogen and oxygen atoms in total. The SMILES string of the molecule is NCCN(C(=O)c1ccncc1O)C1CCC1. The Kier molecular flexibility index (Phi) is 3.58. The maximum atomic E-state index is 12.3. The Hall–Kier alpha value is -1.62. The Morgan fingerprint density at radius 1 is 1.59 bits per heavy atom. The van der Waals surface area contributed by atoms with Gasteiger partial charge in [0.05, 0.1) is 11.8 Å². The van der Waals surface area contributed by atoms with Crippen LogP contribution in [0, 0.1) is 0 Å². The molecule has 0 atom stereocenters. The molecule has 17 heavy (non-hydrogen) atoms. The van der Waals surface area contributed by atoms with E-state index in [4.69, 9.17) is 5.73 Å². The van der Waals surface area contributed by atoms with Crippen molar-refractivity contribution in [1.82, 2.24) is 9.88 Å². The minimum Gasteiger partial charge on any atom is -0.505 e. The van der Waals surface area contributed by atoms with Crippen LogP contribution >= 0.6 is 0 Å². The summed E-state index contributed by atoms with van der Waals surface area (Å²) in [6.07, 6.45) is 6.00. The first-order valence-corrected chi connectivity index (χ1v) is 5.88. The summed E-state index contributed by atoms with van der Waals surface area (Å²) in [5.74, 6) is -0.223. The zero-order valence-corrected chi connectivity index (χ0v) is 9.67. The molecule has 1 saturated carbocycles. The highest BCUT2D eigenvalue weighted by atomic mass is 16.3. The molecule has 5 heteroatoms. The molecule has 0 aromatic carbocycles. The molecule has 1 heterocycles. The molecule has 1 aliphatic carbocycles. The zero-order valence-electron chi connectivity index (χ0n) is 9.67. The van der Waals surface area contributed by atoms with Crippen molar-refractivity contribution in [3.05, 3.63) is 24.0 Å². The van der Waals surface area contributed by atoms with Crippen LogP contribution in [0.2, 0.25) is 0 Å². The summed E-state index contributed by atoms with van der Waals surface area (Å²) in [5, 5.41) is 9.63. The maximum absolute atomic E-state index is 12.3. The molecule has 0 unspecified atom stereocenters. The monoisotopic (exact) mass is 235 g/mol. The predicted octanol–water partition coefficient (Wildman–Crippen LogP) is 0.741. The summed E-state index contributed by atoms with van der Waals surface area (Å²) >= 11 is 0. The van der Waals surface area contributed by atoms with Crippen molar-refractivity contribution in [2.75, 3.05) is 13.1 Å². The van der Waals surface area contributed by atoms with Crippen LogP contribution in [0.1, 0.15) is 29.6 Å². The van der Waals surface area contributed by atoms with E-state index in [0.717, 1.165) is 19.3 Å². The quantitative estimate of drug-likeness (QED) is 0.806.